The first-order valence-corrected chi connectivity index (χ1v) is 6.14. The van der Waals surface area contributed by atoms with Gasteiger partial charge in [0.2, 0.25) is 0 Å². The van der Waals surface area contributed by atoms with E-state index in [0.29, 0.717) is 11.1 Å². The van der Waals surface area contributed by atoms with E-state index in [0.717, 1.165) is 0 Å². The number of rotatable bonds is 3. The molecule has 0 spiro atoms. The van der Waals surface area contributed by atoms with Crippen LogP contribution >= 0.6 is 0 Å². The van der Waals surface area contributed by atoms with Crippen LogP contribution in [0, 0.1) is 0 Å². The van der Waals surface area contributed by atoms with Gasteiger partial charge in [-0.05, 0) is 27.6 Å². The van der Waals surface area contributed by atoms with E-state index in [-0.39, 0.29) is 16.5 Å². The molecule has 2 aliphatic rings. The highest BCUT2D eigenvalue weighted by atomic mass is 16.4. The molecule has 0 unspecified atom stereocenters. The number of benzene rings is 1. The maximum atomic E-state index is 10.9. The van der Waals surface area contributed by atoms with Crippen molar-refractivity contribution in [1.29, 1.82) is 0 Å². The maximum absolute atomic E-state index is 10.9. The fourth-order valence-electron chi connectivity index (χ4n) is 2.70. The van der Waals surface area contributed by atoms with Gasteiger partial charge >= 0.3 is 14.2 Å². The van der Waals surface area contributed by atoms with Crippen LogP contribution in [0.15, 0.2) is 53.6 Å². The largest absolute Gasteiger partial charge is 0.488 e. The second-order valence-corrected chi connectivity index (χ2v) is 4.88. The van der Waals surface area contributed by atoms with Crippen LogP contribution < -0.4 is 10.9 Å². The number of allylic oxidation sites excluding steroid dienone is 2. The van der Waals surface area contributed by atoms with Crippen LogP contribution in [-0.4, -0.2) is 39.4 Å². The van der Waals surface area contributed by atoms with Crippen LogP contribution in [0.3, 0.4) is 0 Å². The second kappa shape index (κ2) is 4.44. The summed E-state index contributed by atoms with van der Waals surface area (Å²) in [5.41, 5.74) is 0.282. The Balaban J connectivity index is 2.20. The van der Waals surface area contributed by atoms with E-state index in [1.54, 1.807) is 24.3 Å². The Morgan fingerprint density at radius 2 is 1.45 bits per heavy atom. The SMILES string of the molecule is OB(O)c1ccc(B(O)O)c(C2(O)C3=CC=C2C=C3)c1. The number of hydrogen-bond donors (Lipinski definition) is 5. The molecule has 1 aromatic rings. The lowest BCUT2D eigenvalue weighted by Crippen LogP contribution is -2.43. The summed E-state index contributed by atoms with van der Waals surface area (Å²) in [5, 5.41) is 48.3. The fourth-order valence-corrected chi connectivity index (χ4v) is 2.70. The first-order valence-electron chi connectivity index (χ1n) is 6.14. The summed E-state index contributed by atoms with van der Waals surface area (Å²) in [6.07, 6.45) is 6.96. The Morgan fingerprint density at radius 3 is 1.90 bits per heavy atom. The van der Waals surface area contributed by atoms with E-state index in [4.69, 9.17) is 0 Å². The third kappa shape index (κ3) is 1.72. The molecule has 2 bridgehead atoms. The molecule has 2 aliphatic carbocycles. The molecule has 0 fully saturated rings. The molecule has 0 amide bonds. The van der Waals surface area contributed by atoms with Gasteiger partial charge in [0.05, 0.1) is 0 Å². The maximum Gasteiger partial charge on any atom is 0.488 e. The standard InChI is InChI=1S/C13H12B2O5/c16-13(8-1-2-9(13)4-3-8)11-7-10(14(17)18)5-6-12(11)15(19)20/h1-7,16-20H. The molecular formula is C13H12B2O5. The molecule has 7 heteroatoms. The lowest BCUT2D eigenvalue weighted by atomic mass is 9.67. The smallest absolute Gasteiger partial charge is 0.423 e. The van der Waals surface area contributed by atoms with E-state index in [2.05, 4.69) is 0 Å². The molecule has 0 aromatic heterocycles. The molecule has 0 saturated heterocycles. The van der Waals surface area contributed by atoms with Crippen molar-refractivity contribution in [3.63, 3.8) is 0 Å². The van der Waals surface area contributed by atoms with Gasteiger partial charge in [-0.3, -0.25) is 0 Å². The summed E-state index contributed by atoms with van der Waals surface area (Å²) < 4.78 is 0. The van der Waals surface area contributed by atoms with E-state index in [9.17, 15) is 25.2 Å². The van der Waals surface area contributed by atoms with E-state index in [1.165, 1.54) is 18.2 Å². The molecule has 0 aliphatic heterocycles. The van der Waals surface area contributed by atoms with Gasteiger partial charge in [-0.15, -0.1) is 0 Å². The van der Waals surface area contributed by atoms with Crippen molar-refractivity contribution in [3.8, 4) is 0 Å². The molecule has 5 N–H and O–H groups in total. The topological polar surface area (TPSA) is 101 Å². The second-order valence-electron chi connectivity index (χ2n) is 4.88. The van der Waals surface area contributed by atoms with E-state index < -0.39 is 19.8 Å². The van der Waals surface area contributed by atoms with Crippen molar-refractivity contribution in [2.45, 2.75) is 5.60 Å². The lowest BCUT2D eigenvalue weighted by Gasteiger charge is -2.27. The molecule has 1 aromatic carbocycles. The summed E-state index contributed by atoms with van der Waals surface area (Å²) in [6.45, 7) is 0. The third-order valence-electron chi connectivity index (χ3n) is 3.76. The average molecular weight is 270 g/mol. The van der Waals surface area contributed by atoms with Crippen molar-refractivity contribution < 1.29 is 25.2 Å². The first-order chi connectivity index (χ1) is 9.44. The fraction of sp³-hybridized carbons (Fsp3) is 0.0769. The highest BCUT2D eigenvalue weighted by Crippen LogP contribution is 2.45. The van der Waals surface area contributed by atoms with E-state index >= 15 is 0 Å². The molecule has 0 atom stereocenters. The highest BCUT2D eigenvalue weighted by Gasteiger charge is 2.44. The average Bonchev–Trinajstić information content (AvgIpc) is 2.92. The Bertz CT molecular complexity index is 639. The quantitative estimate of drug-likeness (QED) is 0.396. The predicted molar refractivity (Wildman–Crippen MR) is 75.3 cm³/mol. The van der Waals surface area contributed by atoms with Crippen LogP contribution in [0.4, 0.5) is 0 Å². The Kier molecular flexibility index (Phi) is 2.97. The molecule has 0 saturated carbocycles. The number of hydrogen-bond acceptors (Lipinski definition) is 5. The number of fused-ring (bicyclic) bond motifs is 2. The summed E-state index contributed by atoms with van der Waals surface area (Å²) in [6, 6.07) is 4.12. The summed E-state index contributed by atoms with van der Waals surface area (Å²) in [4.78, 5) is 0. The zero-order valence-electron chi connectivity index (χ0n) is 10.4. The normalized spacial score (nSPS) is 18.1. The van der Waals surface area contributed by atoms with Crippen LogP contribution in [0.1, 0.15) is 5.56 Å². The number of aliphatic hydroxyl groups is 1. The van der Waals surface area contributed by atoms with Crippen LogP contribution in [-0.2, 0) is 5.60 Å². The van der Waals surface area contributed by atoms with Crippen LogP contribution in [0.5, 0.6) is 0 Å². The third-order valence-corrected chi connectivity index (χ3v) is 3.76. The molecule has 5 nitrogen and oxygen atoms in total. The minimum Gasteiger partial charge on any atom is -0.423 e. The van der Waals surface area contributed by atoms with Crippen LogP contribution in [0.2, 0.25) is 0 Å². The van der Waals surface area contributed by atoms with Gasteiger partial charge in [-0.1, -0.05) is 42.5 Å². The van der Waals surface area contributed by atoms with Gasteiger partial charge in [0.25, 0.3) is 0 Å². The monoisotopic (exact) mass is 270 g/mol. The zero-order valence-corrected chi connectivity index (χ0v) is 10.4. The van der Waals surface area contributed by atoms with Gasteiger partial charge < -0.3 is 25.2 Å². The zero-order chi connectivity index (χ0) is 14.5. The highest BCUT2D eigenvalue weighted by molar-refractivity contribution is 6.61. The van der Waals surface area contributed by atoms with Crippen LogP contribution in [0.25, 0.3) is 0 Å². The lowest BCUT2D eigenvalue weighted by molar-refractivity contribution is 0.132. The van der Waals surface area contributed by atoms with E-state index in [1.807, 2.05) is 0 Å². The van der Waals surface area contributed by atoms with Crippen molar-refractivity contribution in [2.75, 3.05) is 0 Å². The molecular weight excluding hydrogens is 258 g/mol. The van der Waals surface area contributed by atoms with Gasteiger partial charge in [-0.2, -0.15) is 0 Å². The summed E-state index contributed by atoms with van der Waals surface area (Å²) in [7, 11) is -3.46. The van der Waals surface area contributed by atoms with Crippen molar-refractivity contribution in [3.05, 3.63) is 59.2 Å². The first kappa shape index (κ1) is 13.4. The van der Waals surface area contributed by atoms with Gasteiger partial charge in [0.15, 0.2) is 0 Å². The minimum atomic E-state index is -1.76. The predicted octanol–water partition coefficient (Wildman–Crippen LogP) is -2.33. The van der Waals surface area contributed by atoms with Crippen molar-refractivity contribution >= 4 is 25.2 Å². The van der Waals surface area contributed by atoms with Crippen molar-refractivity contribution in [2.24, 2.45) is 0 Å². The molecule has 0 radical (unpaired) electrons. The Labute approximate surface area is 116 Å². The minimum absolute atomic E-state index is 0.124. The van der Waals surface area contributed by atoms with Gasteiger partial charge in [0, 0.05) is 0 Å². The molecule has 20 heavy (non-hydrogen) atoms. The summed E-state index contributed by atoms with van der Waals surface area (Å²) in [5.74, 6) is 0. The Hall–Kier alpha value is -1.63. The summed E-state index contributed by atoms with van der Waals surface area (Å²) >= 11 is 0. The van der Waals surface area contributed by atoms with Crippen molar-refractivity contribution in [1.82, 2.24) is 0 Å². The van der Waals surface area contributed by atoms with Gasteiger partial charge in [-0.25, -0.2) is 0 Å². The van der Waals surface area contributed by atoms with Gasteiger partial charge in [0.1, 0.15) is 5.60 Å². The molecule has 0 heterocycles. The Morgan fingerprint density at radius 1 is 0.850 bits per heavy atom. The molecule has 100 valence electrons. The molecule has 3 rings (SSSR count).